The number of hydrogen-bond acceptors (Lipinski definition) is 3. The zero-order valence-corrected chi connectivity index (χ0v) is 27.7. The normalized spacial score (nSPS) is 12.0. The molecule has 0 aliphatic rings. The quantitative estimate of drug-likeness (QED) is 0.140. The Morgan fingerprint density at radius 2 is 1.08 bits per heavy atom. The van der Waals surface area contributed by atoms with Gasteiger partial charge in [-0.15, -0.1) is 11.3 Å². The van der Waals surface area contributed by atoms with Crippen LogP contribution in [0.15, 0.2) is 168 Å². The van der Waals surface area contributed by atoms with E-state index >= 15 is 0 Å². The maximum atomic E-state index is 6.50. The first-order valence-corrected chi connectivity index (χ1v) is 17.8. The van der Waals surface area contributed by atoms with E-state index in [0.29, 0.717) is 5.89 Å². The smallest absolute Gasteiger partial charge is 0.227 e. The highest BCUT2D eigenvalue weighted by atomic mass is 32.1. The number of hydrogen-bond donors (Lipinski definition) is 0. The second kappa shape index (κ2) is 10.6. The van der Waals surface area contributed by atoms with Crippen LogP contribution in [0.5, 0.6) is 0 Å². The average Bonchev–Trinajstić information content (AvgIpc) is 3.79. The lowest BCUT2D eigenvalue weighted by atomic mass is 9.85. The van der Waals surface area contributed by atoms with Gasteiger partial charge in [0, 0.05) is 36.7 Å². The Morgan fingerprint density at radius 1 is 0.440 bits per heavy atom. The zero-order valence-electron chi connectivity index (χ0n) is 26.9. The molecular formula is C47H27NOS. The molecule has 0 fully saturated rings. The third-order valence-electron chi connectivity index (χ3n) is 10.3. The van der Waals surface area contributed by atoms with E-state index in [-0.39, 0.29) is 0 Å². The SMILES string of the molecule is c1ccc(-c2nc3ccc4ccc5cc(-c6c7ccccc7c(-c7cccc8c7sc7ccccc78)c7ccccc67)ccc5c4c3o2)cc1. The number of nitrogens with zero attached hydrogens (tertiary/aromatic N) is 1. The van der Waals surface area contributed by atoms with Crippen molar-refractivity contribution in [3.63, 3.8) is 0 Å². The van der Waals surface area contributed by atoms with Crippen LogP contribution in [0.2, 0.25) is 0 Å². The predicted octanol–water partition coefficient (Wildman–Crippen LogP) is 13.8. The number of benzene rings is 9. The van der Waals surface area contributed by atoms with Gasteiger partial charge in [0.1, 0.15) is 5.52 Å². The Morgan fingerprint density at radius 3 is 1.86 bits per heavy atom. The summed E-state index contributed by atoms with van der Waals surface area (Å²) in [5.74, 6) is 0.645. The van der Waals surface area contributed by atoms with Crippen molar-refractivity contribution >= 4 is 85.7 Å². The summed E-state index contributed by atoms with van der Waals surface area (Å²) < 4.78 is 9.16. The standard InChI is InChI=1S/C47H27NOS/c1-2-11-29(12-3-1)47-48-40-26-24-28-21-22-30-27-31(23-25-32(30)43(28)45(40)49-47)42-34-14-4-6-16-36(34)44(37-17-7-5-15-35(37)42)39-19-10-18-38-33-13-8-9-20-41(33)50-46(38)39/h1-27H. The van der Waals surface area contributed by atoms with Crippen molar-refractivity contribution in [2.75, 3.05) is 0 Å². The van der Waals surface area contributed by atoms with Gasteiger partial charge in [-0.2, -0.15) is 0 Å². The van der Waals surface area contributed by atoms with E-state index < -0.39 is 0 Å². The van der Waals surface area contributed by atoms with Crippen molar-refractivity contribution in [1.29, 1.82) is 0 Å². The molecule has 0 N–H and O–H groups in total. The van der Waals surface area contributed by atoms with Crippen molar-refractivity contribution < 1.29 is 4.42 Å². The van der Waals surface area contributed by atoms with Crippen molar-refractivity contribution in [3.05, 3.63) is 164 Å². The minimum Gasteiger partial charge on any atom is -0.435 e. The molecule has 0 saturated carbocycles. The van der Waals surface area contributed by atoms with E-state index in [9.17, 15) is 0 Å². The summed E-state index contributed by atoms with van der Waals surface area (Å²) in [6, 6.07) is 59.1. The molecule has 9 aromatic carbocycles. The lowest BCUT2D eigenvalue weighted by Crippen LogP contribution is -1.91. The average molecular weight is 654 g/mol. The Kier molecular flexibility index (Phi) is 5.86. The van der Waals surface area contributed by atoms with Crippen LogP contribution < -0.4 is 0 Å². The topological polar surface area (TPSA) is 26.0 Å². The van der Waals surface area contributed by atoms with Gasteiger partial charge in [0.05, 0.1) is 0 Å². The maximum absolute atomic E-state index is 6.50. The molecule has 232 valence electrons. The van der Waals surface area contributed by atoms with Crippen LogP contribution in [0.3, 0.4) is 0 Å². The summed E-state index contributed by atoms with van der Waals surface area (Å²) in [7, 11) is 0. The molecule has 0 aliphatic heterocycles. The fourth-order valence-corrected chi connectivity index (χ4v) is 9.29. The summed E-state index contributed by atoms with van der Waals surface area (Å²) in [5, 5.41) is 12.3. The number of aromatic nitrogens is 1. The highest BCUT2D eigenvalue weighted by Crippen LogP contribution is 2.48. The first-order chi connectivity index (χ1) is 24.8. The molecule has 3 heteroatoms. The third-order valence-corrected chi connectivity index (χ3v) is 11.5. The largest absolute Gasteiger partial charge is 0.435 e. The minimum atomic E-state index is 0.645. The lowest BCUT2D eigenvalue weighted by molar-refractivity contribution is 0.623. The highest BCUT2D eigenvalue weighted by molar-refractivity contribution is 7.26. The van der Waals surface area contributed by atoms with Crippen molar-refractivity contribution in [2.45, 2.75) is 0 Å². The molecule has 0 atom stereocenters. The molecule has 0 spiro atoms. The fraction of sp³-hybridized carbons (Fsp3) is 0. The third kappa shape index (κ3) is 3.98. The van der Waals surface area contributed by atoms with E-state index in [4.69, 9.17) is 9.40 Å². The molecule has 0 aliphatic carbocycles. The van der Waals surface area contributed by atoms with Crippen LogP contribution in [0.4, 0.5) is 0 Å². The molecule has 0 radical (unpaired) electrons. The Bertz CT molecular complexity index is 3090. The predicted molar refractivity (Wildman–Crippen MR) is 213 cm³/mol. The molecule has 2 aromatic heterocycles. The van der Waals surface area contributed by atoms with Gasteiger partial charge in [-0.1, -0.05) is 133 Å². The summed E-state index contributed by atoms with van der Waals surface area (Å²) >= 11 is 1.89. The summed E-state index contributed by atoms with van der Waals surface area (Å²) in [5.41, 5.74) is 7.72. The molecule has 0 saturated heterocycles. The van der Waals surface area contributed by atoms with Crippen molar-refractivity contribution in [2.24, 2.45) is 0 Å². The van der Waals surface area contributed by atoms with Gasteiger partial charge in [-0.25, -0.2) is 4.98 Å². The van der Waals surface area contributed by atoms with Crippen LogP contribution in [-0.4, -0.2) is 4.98 Å². The first kappa shape index (κ1) is 27.6. The number of thiophene rings is 1. The highest BCUT2D eigenvalue weighted by Gasteiger charge is 2.20. The molecule has 2 heterocycles. The Hall–Kier alpha value is -6.29. The van der Waals surface area contributed by atoms with Crippen LogP contribution >= 0.6 is 11.3 Å². The van der Waals surface area contributed by atoms with Gasteiger partial charge in [-0.3, -0.25) is 0 Å². The van der Waals surface area contributed by atoms with Gasteiger partial charge in [0.15, 0.2) is 5.58 Å². The monoisotopic (exact) mass is 653 g/mol. The van der Waals surface area contributed by atoms with Crippen LogP contribution in [0.25, 0.3) is 108 Å². The minimum absolute atomic E-state index is 0.645. The van der Waals surface area contributed by atoms with Crippen molar-refractivity contribution in [1.82, 2.24) is 4.98 Å². The second-order valence-electron chi connectivity index (χ2n) is 13.0. The van der Waals surface area contributed by atoms with E-state index in [0.717, 1.165) is 32.8 Å². The summed E-state index contributed by atoms with van der Waals surface area (Å²) in [6.45, 7) is 0. The van der Waals surface area contributed by atoms with E-state index in [1.807, 2.05) is 41.7 Å². The number of fused-ring (bicyclic) bond motifs is 10. The fourth-order valence-electron chi connectivity index (χ4n) is 8.07. The van der Waals surface area contributed by atoms with Gasteiger partial charge in [-0.05, 0) is 84.7 Å². The van der Waals surface area contributed by atoms with E-state index in [1.165, 1.54) is 69.4 Å². The van der Waals surface area contributed by atoms with Gasteiger partial charge >= 0.3 is 0 Å². The summed E-state index contributed by atoms with van der Waals surface area (Å²) in [6.07, 6.45) is 0. The van der Waals surface area contributed by atoms with Crippen LogP contribution in [0, 0.1) is 0 Å². The maximum Gasteiger partial charge on any atom is 0.227 e. The molecule has 0 unspecified atom stereocenters. The van der Waals surface area contributed by atoms with E-state index in [2.05, 4.69) is 133 Å². The summed E-state index contributed by atoms with van der Waals surface area (Å²) in [4.78, 5) is 4.87. The van der Waals surface area contributed by atoms with E-state index in [1.54, 1.807) is 0 Å². The van der Waals surface area contributed by atoms with Gasteiger partial charge in [0.25, 0.3) is 0 Å². The molecule has 50 heavy (non-hydrogen) atoms. The van der Waals surface area contributed by atoms with Gasteiger partial charge in [0.2, 0.25) is 5.89 Å². The van der Waals surface area contributed by atoms with Crippen LogP contribution in [0.1, 0.15) is 0 Å². The van der Waals surface area contributed by atoms with Crippen LogP contribution in [-0.2, 0) is 0 Å². The Labute approximate surface area is 291 Å². The Balaban J connectivity index is 1.17. The molecule has 0 amide bonds. The number of rotatable bonds is 3. The zero-order chi connectivity index (χ0) is 32.8. The molecule has 11 aromatic rings. The molecule has 2 nitrogen and oxygen atoms in total. The molecule has 11 rings (SSSR count). The number of oxazole rings is 1. The van der Waals surface area contributed by atoms with Gasteiger partial charge < -0.3 is 4.42 Å². The first-order valence-electron chi connectivity index (χ1n) is 17.0. The second-order valence-corrected chi connectivity index (χ2v) is 14.1. The molecular weight excluding hydrogens is 627 g/mol. The van der Waals surface area contributed by atoms with Crippen molar-refractivity contribution in [3.8, 4) is 33.7 Å². The molecule has 0 bridgehead atoms. The lowest BCUT2D eigenvalue weighted by Gasteiger charge is -2.18.